The maximum absolute atomic E-state index is 13.9. The zero-order valence-electron chi connectivity index (χ0n) is 12.1. The summed E-state index contributed by atoms with van der Waals surface area (Å²) in [4.78, 5) is 12.1. The molecule has 1 atom stereocenters. The van der Waals surface area contributed by atoms with Crippen molar-refractivity contribution in [1.82, 2.24) is 0 Å². The Bertz CT molecular complexity index is 676. The summed E-state index contributed by atoms with van der Waals surface area (Å²) in [5.74, 6) is -1.28. The van der Waals surface area contributed by atoms with E-state index in [0.717, 1.165) is 7.11 Å². The summed E-state index contributed by atoms with van der Waals surface area (Å²) in [7, 11) is 0.982. The van der Waals surface area contributed by atoms with Crippen molar-refractivity contribution >= 4 is 17.7 Å². The van der Waals surface area contributed by atoms with E-state index in [1.807, 2.05) is 0 Å². The van der Waals surface area contributed by atoms with Gasteiger partial charge in [0.2, 0.25) is 4.75 Å². The van der Waals surface area contributed by atoms with Crippen molar-refractivity contribution in [1.29, 1.82) is 0 Å². The topological polar surface area (TPSA) is 26.3 Å². The van der Waals surface area contributed by atoms with E-state index in [2.05, 4.69) is 4.74 Å². The lowest BCUT2D eigenvalue weighted by Crippen LogP contribution is -2.46. The second-order valence-corrected chi connectivity index (χ2v) is 6.61. The van der Waals surface area contributed by atoms with E-state index in [-0.39, 0.29) is 0 Å². The lowest BCUT2D eigenvalue weighted by molar-refractivity contribution is -0.182. The minimum absolute atomic E-state index is 0.430. The molecule has 0 aliphatic carbocycles. The molecule has 23 heavy (non-hydrogen) atoms. The summed E-state index contributed by atoms with van der Waals surface area (Å²) >= 11 is 0.578. The highest BCUT2D eigenvalue weighted by molar-refractivity contribution is 8.10. The van der Waals surface area contributed by atoms with Crippen molar-refractivity contribution in [3.8, 4) is 0 Å². The molecule has 3 rings (SSSR count). The minimum atomic E-state index is -4.74. The number of thioether (sulfide) groups is 1. The van der Waals surface area contributed by atoms with Crippen LogP contribution in [0.15, 0.2) is 60.7 Å². The molecule has 0 aromatic heterocycles. The third kappa shape index (κ3) is 2.08. The average Bonchev–Trinajstić information content (AvgIpc) is 3.29. The summed E-state index contributed by atoms with van der Waals surface area (Å²) in [6.45, 7) is 0. The Hall–Kier alpha value is -1.95. The monoisotopic (exact) mass is 338 g/mol. The van der Waals surface area contributed by atoms with E-state index in [9.17, 15) is 18.0 Å². The molecular formula is C17H13F3O2S. The van der Waals surface area contributed by atoms with E-state index in [0.29, 0.717) is 22.9 Å². The van der Waals surface area contributed by atoms with Crippen LogP contribution in [0.4, 0.5) is 13.2 Å². The average molecular weight is 338 g/mol. The van der Waals surface area contributed by atoms with Gasteiger partial charge in [-0.1, -0.05) is 60.7 Å². The first kappa shape index (κ1) is 15.9. The Morgan fingerprint density at radius 1 is 0.957 bits per heavy atom. The maximum atomic E-state index is 13.9. The van der Waals surface area contributed by atoms with Gasteiger partial charge in [0.05, 0.1) is 7.11 Å². The molecule has 2 aromatic carbocycles. The summed E-state index contributed by atoms with van der Waals surface area (Å²) in [5.41, 5.74) is 0.859. The van der Waals surface area contributed by atoms with Gasteiger partial charge in [0.1, 0.15) is 4.75 Å². The standard InChI is InChI=1S/C17H13F3O2S/c1-22-14(21)16(17(18,19)20)15(23-16,12-8-4-2-5-9-12)13-10-6-3-7-11-13/h2-11H,1H3. The highest BCUT2D eigenvalue weighted by Crippen LogP contribution is 2.78. The molecule has 0 N–H and O–H groups in total. The van der Waals surface area contributed by atoms with E-state index >= 15 is 0 Å². The van der Waals surface area contributed by atoms with Crippen molar-refractivity contribution in [2.45, 2.75) is 15.7 Å². The SMILES string of the molecule is COC(=O)C1(C(F)(F)F)SC1(c1ccccc1)c1ccccc1. The van der Waals surface area contributed by atoms with Gasteiger partial charge in [-0.2, -0.15) is 13.2 Å². The second kappa shape index (κ2) is 5.30. The number of methoxy groups -OCH3 is 1. The van der Waals surface area contributed by atoms with Crippen molar-refractivity contribution in [2.24, 2.45) is 0 Å². The molecule has 2 nitrogen and oxygen atoms in total. The molecule has 120 valence electrons. The molecule has 2 aromatic rings. The molecule has 0 bridgehead atoms. The molecule has 6 heteroatoms. The van der Waals surface area contributed by atoms with Gasteiger partial charge in [-0.3, -0.25) is 4.79 Å². The Balaban J connectivity index is 2.27. The summed E-state index contributed by atoms with van der Waals surface area (Å²) in [6, 6.07) is 16.5. The van der Waals surface area contributed by atoms with Gasteiger partial charge in [-0.15, -0.1) is 11.8 Å². The molecule has 1 aliphatic heterocycles. The van der Waals surface area contributed by atoms with Gasteiger partial charge in [-0.05, 0) is 11.1 Å². The summed E-state index contributed by atoms with van der Waals surface area (Å²) in [5, 5.41) is 0. The highest BCUT2D eigenvalue weighted by Gasteiger charge is 2.87. The number of carbonyl (C=O) groups is 1. The fourth-order valence-corrected chi connectivity index (χ4v) is 4.58. The number of rotatable bonds is 3. The van der Waals surface area contributed by atoms with Gasteiger partial charge in [0.15, 0.2) is 0 Å². The van der Waals surface area contributed by atoms with Crippen LogP contribution in [0.2, 0.25) is 0 Å². The van der Waals surface area contributed by atoms with Crippen LogP contribution in [0.1, 0.15) is 11.1 Å². The first-order valence-corrected chi connectivity index (χ1v) is 7.68. The molecule has 0 saturated carbocycles. The quantitative estimate of drug-likeness (QED) is 0.621. The van der Waals surface area contributed by atoms with Gasteiger partial charge >= 0.3 is 12.1 Å². The first-order valence-electron chi connectivity index (χ1n) is 6.86. The van der Waals surface area contributed by atoms with Crippen LogP contribution >= 0.6 is 11.8 Å². The van der Waals surface area contributed by atoms with Crippen LogP contribution in [0.25, 0.3) is 0 Å². The normalized spacial score (nSPS) is 22.4. The first-order chi connectivity index (χ1) is 10.9. The van der Waals surface area contributed by atoms with E-state index in [1.165, 1.54) is 0 Å². The zero-order chi connectivity index (χ0) is 16.7. The minimum Gasteiger partial charge on any atom is -0.468 e. The van der Waals surface area contributed by atoms with Crippen LogP contribution in [-0.4, -0.2) is 24.0 Å². The largest absolute Gasteiger partial charge is 0.468 e. The summed E-state index contributed by atoms with van der Waals surface area (Å²) in [6.07, 6.45) is -4.74. The third-order valence-electron chi connectivity index (χ3n) is 3.99. The number of esters is 1. The molecule has 1 unspecified atom stereocenters. The van der Waals surface area contributed by atoms with Crippen LogP contribution in [0, 0.1) is 0 Å². The van der Waals surface area contributed by atoms with Gasteiger partial charge in [0, 0.05) is 0 Å². The van der Waals surface area contributed by atoms with E-state index in [4.69, 9.17) is 0 Å². The van der Waals surface area contributed by atoms with Gasteiger partial charge in [0.25, 0.3) is 0 Å². The number of carbonyl (C=O) groups excluding carboxylic acids is 1. The van der Waals surface area contributed by atoms with Gasteiger partial charge < -0.3 is 4.74 Å². The molecule has 0 amide bonds. The molecule has 1 fully saturated rings. The smallest absolute Gasteiger partial charge is 0.415 e. The Labute approximate surface area is 135 Å². The maximum Gasteiger partial charge on any atom is 0.415 e. The van der Waals surface area contributed by atoms with Gasteiger partial charge in [-0.25, -0.2) is 0 Å². The van der Waals surface area contributed by atoms with Crippen molar-refractivity contribution in [2.75, 3.05) is 7.11 Å². The van der Waals surface area contributed by atoms with Crippen LogP contribution < -0.4 is 0 Å². The lowest BCUT2D eigenvalue weighted by atomic mass is 9.80. The predicted molar refractivity (Wildman–Crippen MR) is 82.1 cm³/mol. The number of hydrogen-bond acceptors (Lipinski definition) is 3. The highest BCUT2D eigenvalue weighted by atomic mass is 32.2. The van der Waals surface area contributed by atoms with Crippen LogP contribution in [-0.2, 0) is 14.3 Å². The molecule has 0 spiro atoms. The van der Waals surface area contributed by atoms with Crippen molar-refractivity contribution < 1.29 is 22.7 Å². The van der Waals surface area contributed by atoms with Crippen LogP contribution in [0.3, 0.4) is 0 Å². The van der Waals surface area contributed by atoms with E-state index < -0.39 is 21.6 Å². The fraction of sp³-hybridized carbons (Fsp3) is 0.235. The lowest BCUT2D eigenvalue weighted by Gasteiger charge is -2.24. The molecule has 1 aliphatic rings. The predicted octanol–water partition coefficient (Wildman–Crippen LogP) is 4.15. The Morgan fingerprint density at radius 2 is 1.39 bits per heavy atom. The number of benzene rings is 2. The van der Waals surface area contributed by atoms with Crippen molar-refractivity contribution in [3.05, 3.63) is 71.8 Å². The number of ether oxygens (including phenoxy) is 1. The molecule has 0 radical (unpaired) electrons. The van der Waals surface area contributed by atoms with E-state index in [1.54, 1.807) is 60.7 Å². The Morgan fingerprint density at radius 3 is 1.74 bits per heavy atom. The number of alkyl halides is 3. The number of hydrogen-bond donors (Lipinski definition) is 0. The zero-order valence-corrected chi connectivity index (χ0v) is 12.9. The number of halogens is 3. The molecule has 1 saturated heterocycles. The molecule has 1 heterocycles. The third-order valence-corrected chi connectivity index (χ3v) is 5.88. The molecular weight excluding hydrogens is 325 g/mol. The summed E-state index contributed by atoms with van der Waals surface area (Å²) < 4.78 is 42.0. The fourth-order valence-electron chi connectivity index (χ4n) is 2.94. The van der Waals surface area contributed by atoms with Crippen LogP contribution in [0.5, 0.6) is 0 Å². The second-order valence-electron chi connectivity index (χ2n) is 5.19. The van der Waals surface area contributed by atoms with Crippen molar-refractivity contribution in [3.63, 3.8) is 0 Å². The Kier molecular flexibility index (Phi) is 3.67.